The average Bonchev–Trinajstić information content (AvgIpc) is 2.75. The largest absolute Gasteiger partial charge is 0.335 e. The number of piperidine rings is 1. The third-order valence-corrected chi connectivity index (χ3v) is 6.62. The van der Waals surface area contributed by atoms with Gasteiger partial charge in [-0.1, -0.05) is 18.6 Å². The second-order valence-electron chi connectivity index (χ2n) is 8.96. The first-order valence-corrected chi connectivity index (χ1v) is 10.0. The lowest BCUT2D eigenvalue weighted by Crippen LogP contribution is -2.51. The maximum atomic E-state index is 13.6. The predicted octanol–water partition coefficient (Wildman–Crippen LogP) is 5.02. The molecule has 3 unspecified atom stereocenters. The van der Waals surface area contributed by atoms with Crippen LogP contribution in [0.3, 0.4) is 0 Å². The second-order valence-corrected chi connectivity index (χ2v) is 8.96. The Morgan fingerprint density at radius 1 is 1.33 bits per heavy atom. The molecule has 1 saturated carbocycles. The fourth-order valence-corrected chi connectivity index (χ4v) is 5.64. The van der Waals surface area contributed by atoms with E-state index in [1.807, 2.05) is 0 Å². The molecule has 0 spiro atoms. The molecule has 5 rings (SSSR count). The van der Waals surface area contributed by atoms with E-state index < -0.39 is 0 Å². The molecule has 0 radical (unpaired) electrons. The van der Waals surface area contributed by atoms with Gasteiger partial charge in [-0.2, -0.15) is 0 Å². The molecular formula is C22H31NO. The van der Waals surface area contributed by atoms with Crippen LogP contribution in [0.5, 0.6) is 0 Å². The molecule has 4 aliphatic carbocycles. The van der Waals surface area contributed by atoms with Crippen molar-refractivity contribution in [1.29, 1.82) is 0 Å². The van der Waals surface area contributed by atoms with Crippen molar-refractivity contribution in [2.24, 2.45) is 17.3 Å². The van der Waals surface area contributed by atoms with Gasteiger partial charge >= 0.3 is 0 Å². The van der Waals surface area contributed by atoms with Gasteiger partial charge < -0.3 is 4.90 Å². The van der Waals surface area contributed by atoms with E-state index in [9.17, 15) is 4.79 Å². The molecule has 2 heteroatoms. The van der Waals surface area contributed by atoms with E-state index in [2.05, 4.69) is 36.6 Å². The Morgan fingerprint density at radius 2 is 2.17 bits per heavy atom. The minimum absolute atomic E-state index is 0.293. The van der Waals surface area contributed by atoms with Crippen molar-refractivity contribution in [2.75, 3.05) is 6.54 Å². The number of nitrogens with zero attached hydrogens (tertiary/aromatic N) is 1. The van der Waals surface area contributed by atoms with Crippen molar-refractivity contribution < 1.29 is 4.79 Å². The molecule has 0 N–H and O–H groups in total. The lowest BCUT2D eigenvalue weighted by Gasteiger charge is -2.45. The molecular weight excluding hydrogens is 294 g/mol. The van der Waals surface area contributed by atoms with Gasteiger partial charge in [0.1, 0.15) is 0 Å². The van der Waals surface area contributed by atoms with Gasteiger partial charge in [0.2, 0.25) is 5.91 Å². The van der Waals surface area contributed by atoms with Crippen molar-refractivity contribution in [2.45, 2.75) is 77.7 Å². The summed E-state index contributed by atoms with van der Waals surface area (Å²) >= 11 is 0. The minimum atomic E-state index is -0.293. The molecule has 1 saturated heterocycles. The Kier molecular flexibility index (Phi) is 4.21. The zero-order chi connectivity index (χ0) is 16.7. The van der Waals surface area contributed by atoms with Crippen LogP contribution in [0.1, 0.15) is 71.6 Å². The lowest BCUT2D eigenvalue weighted by atomic mass is 9.65. The molecule has 2 fully saturated rings. The first-order chi connectivity index (χ1) is 11.5. The molecule has 2 nitrogen and oxygen atoms in total. The summed E-state index contributed by atoms with van der Waals surface area (Å²) in [5.74, 6) is 1.93. The number of carbonyl (C=O) groups excluding carboxylic acids is 1. The fraction of sp³-hybridized carbons (Fsp3) is 0.727. The van der Waals surface area contributed by atoms with Crippen LogP contribution >= 0.6 is 0 Å². The van der Waals surface area contributed by atoms with Crippen LogP contribution in [0.25, 0.3) is 0 Å². The normalized spacial score (nSPS) is 38.8. The van der Waals surface area contributed by atoms with E-state index in [0.29, 0.717) is 17.9 Å². The third kappa shape index (κ3) is 2.90. The van der Waals surface area contributed by atoms with Gasteiger partial charge in [-0.05, 0) is 88.2 Å². The summed E-state index contributed by atoms with van der Waals surface area (Å²) in [6.45, 7) is 5.49. The van der Waals surface area contributed by atoms with Gasteiger partial charge in [-0.3, -0.25) is 4.79 Å². The summed E-state index contributed by atoms with van der Waals surface area (Å²) in [6.07, 6.45) is 15.0. The van der Waals surface area contributed by atoms with E-state index in [1.165, 1.54) is 36.8 Å². The molecule has 0 aromatic carbocycles. The number of carbonyl (C=O) groups is 1. The highest BCUT2D eigenvalue weighted by Crippen LogP contribution is 2.47. The fourth-order valence-electron chi connectivity index (χ4n) is 5.64. The molecule has 2 bridgehead atoms. The average molecular weight is 325 g/mol. The van der Waals surface area contributed by atoms with Crippen LogP contribution in [-0.2, 0) is 4.79 Å². The Labute approximate surface area is 146 Å². The lowest BCUT2D eigenvalue weighted by molar-refractivity contribution is -0.142. The molecule has 3 atom stereocenters. The predicted molar refractivity (Wildman–Crippen MR) is 97.5 cm³/mol. The summed E-state index contributed by atoms with van der Waals surface area (Å²) in [5.41, 5.74) is 6.14. The van der Waals surface area contributed by atoms with E-state index in [-0.39, 0.29) is 5.41 Å². The van der Waals surface area contributed by atoms with Crippen LogP contribution in [0, 0.1) is 17.3 Å². The Morgan fingerprint density at radius 3 is 3.00 bits per heavy atom. The molecule has 1 heterocycles. The topological polar surface area (TPSA) is 20.3 Å². The first kappa shape index (κ1) is 16.2. The van der Waals surface area contributed by atoms with E-state index >= 15 is 0 Å². The molecule has 1 aliphatic heterocycles. The quantitative estimate of drug-likeness (QED) is 0.490. The minimum Gasteiger partial charge on any atom is -0.335 e. The number of allylic oxidation sites excluding steroid dienone is 1. The summed E-state index contributed by atoms with van der Waals surface area (Å²) in [6, 6.07) is 0.315. The Balaban J connectivity index is 1.62. The van der Waals surface area contributed by atoms with Gasteiger partial charge in [0, 0.05) is 6.54 Å². The highest BCUT2D eigenvalue weighted by atomic mass is 16.2. The number of hydrogen-bond acceptors (Lipinski definition) is 1. The van der Waals surface area contributed by atoms with Crippen molar-refractivity contribution in [3.05, 3.63) is 29.0 Å². The maximum Gasteiger partial charge on any atom is 0.232 e. The van der Waals surface area contributed by atoms with E-state index in [1.54, 1.807) is 0 Å². The van der Waals surface area contributed by atoms with Crippen LogP contribution in [0.15, 0.2) is 29.0 Å². The van der Waals surface area contributed by atoms with Gasteiger partial charge in [-0.15, -0.1) is 5.73 Å². The van der Waals surface area contributed by atoms with Crippen LogP contribution < -0.4 is 0 Å². The molecule has 1 amide bonds. The standard InChI is InChI=1S/C22H31NO/c1-16-11-17-12-18(13-17)15-22(2,14-16)21(24)23-10-6-8-19-7-4-3-5-9-20(19)23/h4,15-17,20H,3,5-6,8-14H2,1-2H3. The summed E-state index contributed by atoms with van der Waals surface area (Å²) in [5, 5.41) is 0. The number of hydrogen-bond donors (Lipinski definition) is 0. The summed E-state index contributed by atoms with van der Waals surface area (Å²) in [7, 11) is 0. The number of amides is 1. The van der Waals surface area contributed by atoms with Gasteiger partial charge in [0.15, 0.2) is 0 Å². The summed E-state index contributed by atoms with van der Waals surface area (Å²) < 4.78 is 0. The number of rotatable bonds is 1. The number of likely N-dealkylation sites (tertiary alicyclic amines) is 1. The maximum absolute atomic E-state index is 13.6. The smallest absolute Gasteiger partial charge is 0.232 e. The first-order valence-electron chi connectivity index (χ1n) is 10.0. The SMILES string of the molecule is CC1CC2CC(=CC(C)(C(=O)N3CCCC4=C=CCCCC43)C1)C2. The van der Waals surface area contributed by atoms with Crippen molar-refractivity contribution >= 4 is 5.91 Å². The van der Waals surface area contributed by atoms with E-state index in [4.69, 9.17) is 0 Å². The zero-order valence-corrected chi connectivity index (χ0v) is 15.3. The van der Waals surface area contributed by atoms with Crippen molar-refractivity contribution in [1.82, 2.24) is 4.90 Å². The monoisotopic (exact) mass is 325 g/mol. The van der Waals surface area contributed by atoms with Crippen molar-refractivity contribution in [3.8, 4) is 0 Å². The Hall–Kier alpha value is -1.27. The van der Waals surface area contributed by atoms with Crippen LogP contribution in [0.4, 0.5) is 0 Å². The third-order valence-electron chi connectivity index (χ3n) is 6.62. The second kappa shape index (κ2) is 6.23. The molecule has 5 aliphatic rings. The highest BCUT2D eigenvalue weighted by Gasteiger charge is 2.43. The number of fused-ring (bicyclic) bond motifs is 5. The molecule has 0 aromatic rings. The zero-order valence-electron chi connectivity index (χ0n) is 15.3. The van der Waals surface area contributed by atoms with Gasteiger partial charge in [0.05, 0.1) is 11.5 Å². The van der Waals surface area contributed by atoms with E-state index in [0.717, 1.165) is 44.6 Å². The van der Waals surface area contributed by atoms with Crippen molar-refractivity contribution in [3.63, 3.8) is 0 Å². The molecule has 24 heavy (non-hydrogen) atoms. The van der Waals surface area contributed by atoms with Gasteiger partial charge in [-0.25, -0.2) is 0 Å². The van der Waals surface area contributed by atoms with Crippen LogP contribution in [0.2, 0.25) is 0 Å². The Bertz CT molecular complexity index is 616. The van der Waals surface area contributed by atoms with Crippen LogP contribution in [-0.4, -0.2) is 23.4 Å². The molecule has 0 aromatic heterocycles. The van der Waals surface area contributed by atoms with Gasteiger partial charge in [0.25, 0.3) is 0 Å². The molecule has 130 valence electrons. The highest BCUT2D eigenvalue weighted by molar-refractivity contribution is 5.85. The summed E-state index contributed by atoms with van der Waals surface area (Å²) in [4.78, 5) is 15.9.